The Labute approximate surface area is 101 Å². The molecule has 0 spiro atoms. The first kappa shape index (κ1) is 14.1. The Morgan fingerprint density at radius 3 is 2.82 bits per heavy atom. The lowest BCUT2D eigenvalue weighted by molar-refractivity contribution is 0.0666. The van der Waals surface area contributed by atoms with Gasteiger partial charge in [-0.05, 0) is 40.0 Å². The van der Waals surface area contributed by atoms with E-state index in [-0.39, 0.29) is 0 Å². The van der Waals surface area contributed by atoms with E-state index in [1.165, 1.54) is 12.4 Å². The van der Waals surface area contributed by atoms with Crippen LogP contribution in [-0.4, -0.2) is 41.6 Å². The molecule has 0 atom stereocenters. The van der Waals surface area contributed by atoms with Gasteiger partial charge < -0.3 is 10.2 Å². The quantitative estimate of drug-likeness (QED) is 0.709. The van der Waals surface area contributed by atoms with Crippen LogP contribution in [0.4, 0.5) is 8.78 Å². The summed E-state index contributed by atoms with van der Waals surface area (Å²) in [7, 11) is 4.07. The fourth-order valence-electron chi connectivity index (χ4n) is 1.54. The molecule has 1 aromatic rings. The molecule has 0 bridgehead atoms. The van der Waals surface area contributed by atoms with Crippen LogP contribution in [-0.2, 0) is 6.54 Å². The summed E-state index contributed by atoms with van der Waals surface area (Å²) in [6, 6.07) is 0. The molecule has 1 heterocycles. The van der Waals surface area contributed by atoms with E-state index in [0.717, 1.165) is 30.5 Å². The number of unbranched alkanes of at least 4 members (excludes halogenated alkanes) is 1. The highest BCUT2D eigenvalue weighted by Crippen LogP contribution is 2.11. The second-order valence-electron chi connectivity index (χ2n) is 4.22. The number of nitrogens with zero attached hydrogens (tertiary/aromatic N) is 3. The molecule has 98 valence electrons. The number of halogens is 2. The number of alkyl halides is 2. The Kier molecular flexibility index (Phi) is 6.07. The average molecular weight is 246 g/mol. The van der Waals surface area contributed by atoms with E-state index < -0.39 is 6.55 Å². The van der Waals surface area contributed by atoms with Gasteiger partial charge in [0, 0.05) is 12.4 Å². The van der Waals surface area contributed by atoms with Gasteiger partial charge in [-0.15, -0.1) is 0 Å². The largest absolute Gasteiger partial charge is 0.319 e. The Morgan fingerprint density at radius 2 is 2.18 bits per heavy atom. The van der Waals surface area contributed by atoms with E-state index in [9.17, 15) is 8.78 Å². The van der Waals surface area contributed by atoms with Gasteiger partial charge in [-0.2, -0.15) is 8.78 Å². The van der Waals surface area contributed by atoms with Crippen molar-refractivity contribution in [2.24, 2.45) is 0 Å². The zero-order valence-electron chi connectivity index (χ0n) is 10.4. The Bertz CT molecular complexity index is 312. The highest BCUT2D eigenvalue weighted by Gasteiger charge is 2.10. The topological polar surface area (TPSA) is 33.1 Å². The van der Waals surface area contributed by atoms with Gasteiger partial charge in [0.15, 0.2) is 0 Å². The molecular formula is C11H20F2N4. The van der Waals surface area contributed by atoms with Crippen LogP contribution in [0, 0.1) is 0 Å². The molecule has 0 saturated carbocycles. The van der Waals surface area contributed by atoms with Gasteiger partial charge >= 0.3 is 6.55 Å². The molecule has 0 saturated heterocycles. The van der Waals surface area contributed by atoms with E-state index >= 15 is 0 Å². The molecule has 0 radical (unpaired) electrons. The van der Waals surface area contributed by atoms with Gasteiger partial charge in [0.25, 0.3) is 0 Å². The average Bonchev–Trinajstić information content (AvgIpc) is 2.71. The van der Waals surface area contributed by atoms with Crippen molar-refractivity contribution in [2.45, 2.75) is 25.9 Å². The molecule has 0 fully saturated rings. The van der Waals surface area contributed by atoms with Crippen LogP contribution < -0.4 is 5.32 Å². The highest BCUT2D eigenvalue weighted by molar-refractivity contribution is 4.92. The summed E-state index contributed by atoms with van der Waals surface area (Å²) in [5, 5.41) is 3.12. The lowest BCUT2D eigenvalue weighted by Crippen LogP contribution is -2.20. The summed E-state index contributed by atoms with van der Waals surface area (Å²) in [6.07, 6.45) is 4.83. The summed E-state index contributed by atoms with van der Waals surface area (Å²) in [6.45, 7) is -0.251. The molecule has 1 rings (SSSR count). The number of imidazole rings is 1. The molecule has 0 unspecified atom stereocenters. The van der Waals surface area contributed by atoms with Crippen molar-refractivity contribution in [1.29, 1.82) is 0 Å². The second kappa shape index (κ2) is 7.34. The molecular weight excluding hydrogens is 226 g/mol. The fourth-order valence-corrected chi connectivity index (χ4v) is 1.54. The molecule has 4 nitrogen and oxygen atoms in total. The van der Waals surface area contributed by atoms with Gasteiger partial charge in [0.05, 0.1) is 6.54 Å². The summed E-state index contributed by atoms with van der Waals surface area (Å²) in [4.78, 5) is 6.02. The molecule has 0 amide bonds. The van der Waals surface area contributed by atoms with E-state index in [1.807, 2.05) is 14.1 Å². The first-order valence-corrected chi connectivity index (χ1v) is 5.76. The molecule has 1 N–H and O–H groups in total. The van der Waals surface area contributed by atoms with Crippen LogP contribution >= 0.6 is 0 Å². The van der Waals surface area contributed by atoms with Crippen LogP contribution in [0.1, 0.15) is 25.2 Å². The maximum absolute atomic E-state index is 12.5. The maximum atomic E-state index is 12.5. The maximum Gasteiger partial charge on any atom is 0.319 e. The predicted octanol–water partition coefficient (Wildman–Crippen LogP) is 1.71. The van der Waals surface area contributed by atoms with Gasteiger partial charge in [-0.1, -0.05) is 0 Å². The lowest BCUT2D eigenvalue weighted by Gasteiger charge is -2.10. The number of hydrogen-bond donors (Lipinski definition) is 1. The van der Waals surface area contributed by atoms with Crippen LogP contribution in [0.5, 0.6) is 0 Å². The third-order valence-corrected chi connectivity index (χ3v) is 2.45. The molecule has 0 aliphatic heterocycles. The van der Waals surface area contributed by atoms with E-state index in [1.54, 1.807) is 0 Å². The van der Waals surface area contributed by atoms with Crippen molar-refractivity contribution in [1.82, 2.24) is 19.8 Å². The summed E-state index contributed by atoms with van der Waals surface area (Å²) < 4.78 is 25.8. The smallest absolute Gasteiger partial charge is 0.310 e. The van der Waals surface area contributed by atoms with Crippen LogP contribution in [0.2, 0.25) is 0 Å². The minimum Gasteiger partial charge on any atom is -0.310 e. The minimum absolute atomic E-state index is 0.382. The number of hydrogen-bond acceptors (Lipinski definition) is 3. The third kappa shape index (κ3) is 5.23. The zero-order valence-corrected chi connectivity index (χ0v) is 10.4. The third-order valence-electron chi connectivity index (χ3n) is 2.45. The van der Waals surface area contributed by atoms with Gasteiger partial charge in [-0.3, -0.25) is 4.57 Å². The van der Waals surface area contributed by atoms with Crippen molar-refractivity contribution in [3.8, 4) is 0 Å². The second-order valence-corrected chi connectivity index (χ2v) is 4.22. The standard InChI is InChI=1S/C11H20F2N4/c1-16(2)7-4-3-5-14-9-10-15-6-8-17(10)11(12)13/h6,8,11,14H,3-5,7,9H2,1-2H3. The first-order valence-electron chi connectivity index (χ1n) is 5.76. The highest BCUT2D eigenvalue weighted by atomic mass is 19.3. The van der Waals surface area contributed by atoms with E-state index in [4.69, 9.17) is 0 Å². The molecule has 6 heteroatoms. The number of rotatable bonds is 8. The molecule has 17 heavy (non-hydrogen) atoms. The van der Waals surface area contributed by atoms with Gasteiger partial charge in [-0.25, -0.2) is 4.98 Å². The monoisotopic (exact) mass is 246 g/mol. The fraction of sp³-hybridized carbons (Fsp3) is 0.727. The summed E-state index contributed by atoms with van der Waals surface area (Å²) in [5.41, 5.74) is 0. The Balaban J connectivity index is 2.16. The Morgan fingerprint density at radius 1 is 1.41 bits per heavy atom. The van der Waals surface area contributed by atoms with E-state index in [0.29, 0.717) is 12.4 Å². The predicted molar refractivity (Wildman–Crippen MR) is 63.0 cm³/mol. The molecule has 0 aliphatic rings. The zero-order chi connectivity index (χ0) is 12.7. The summed E-state index contributed by atoms with van der Waals surface area (Å²) >= 11 is 0. The van der Waals surface area contributed by atoms with Crippen LogP contribution in [0.3, 0.4) is 0 Å². The molecule has 1 aromatic heterocycles. The normalized spacial score (nSPS) is 11.6. The van der Waals surface area contributed by atoms with Crippen molar-refractivity contribution in [2.75, 3.05) is 27.2 Å². The van der Waals surface area contributed by atoms with Crippen molar-refractivity contribution in [3.05, 3.63) is 18.2 Å². The van der Waals surface area contributed by atoms with E-state index in [2.05, 4.69) is 15.2 Å². The Hall–Kier alpha value is -1.01. The van der Waals surface area contributed by atoms with Crippen molar-refractivity contribution in [3.63, 3.8) is 0 Å². The SMILES string of the molecule is CN(C)CCCCNCc1nccn1C(F)F. The molecule has 0 aromatic carbocycles. The van der Waals surface area contributed by atoms with Crippen LogP contribution in [0.25, 0.3) is 0 Å². The van der Waals surface area contributed by atoms with Crippen LogP contribution in [0.15, 0.2) is 12.4 Å². The number of aromatic nitrogens is 2. The summed E-state index contributed by atoms with van der Waals surface area (Å²) in [5.74, 6) is 0.382. The minimum atomic E-state index is -2.51. The first-order chi connectivity index (χ1) is 8.11. The van der Waals surface area contributed by atoms with Crippen molar-refractivity contribution < 1.29 is 8.78 Å². The molecule has 0 aliphatic carbocycles. The van der Waals surface area contributed by atoms with Gasteiger partial charge in [0.2, 0.25) is 0 Å². The van der Waals surface area contributed by atoms with Gasteiger partial charge in [0.1, 0.15) is 5.82 Å². The lowest BCUT2D eigenvalue weighted by atomic mass is 10.3. The number of nitrogens with one attached hydrogen (secondary N) is 1. The van der Waals surface area contributed by atoms with Crippen molar-refractivity contribution >= 4 is 0 Å².